The molecule has 0 bridgehead atoms. The van der Waals surface area contributed by atoms with Crippen molar-refractivity contribution in [1.82, 2.24) is 4.90 Å². The Hall–Kier alpha value is -0.520. The zero-order valence-electron chi connectivity index (χ0n) is 11.0. The highest BCUT2D eigenvalue weighted by atomic mass is 32.2. The maximum atomic E-state index is 12.0. The number of thiophene rings is 1. The van der Waals surface area contributed by atoms with Gasteiger partial charge in [0.2, 0.25) is 5.91 Å². The third-order valence-corrected chi connectivity index (χ3v) is 4.58. The first-order valence-electron chi connectivity index (χ1n) is 6.15. The Morgan fingerprint density at radius 1 is 1.56 bits per heavy atom. The molecule has 0 saturated heterocycles. The van der Waals surface area contributed by atoms with Crippen LogP contribution in [0.1, 0.15) is 25.1 Å². The molecule has 0 fully saturated rings. The molecule has 1 aromatic rings. The van der Waals surface area contributed by atoms with E-state index in [0.29, 0.717) is 18.7 Å². The summed E-state index contributed by atoms with van der Waals surface area (Å²) in [5, 5.41) is 10.9. The van der Waals surface area contributed by atoms with Gasteiger partial charge in [-0.1, -0.05) is 6.07 Å². The highest BCUT2D eigenvalue weighted by Gasteiger charge is 2.16. The molecule has 1 aromatic heterocycles. The van der Waals surface area contributed by atoms with Crippen molar-refractivity contribution in [3.8, 4) is 0 Å². The monoisotopic (exact) mass is 287 g/mol. The van der Waals surface area contributed by atoms with Crippen LogP contribution in [0.4, 0.5) is 0 Å². The first-order chi connectivity index (χ1) is 8.65. The number of hydrogen-bond acceptors (Lipinski definition) is 4. The van der Waals surface area contributed by atoms with E-state index in [1.165, 1.54) is 4.88 Å². The summed E-state index contributed by atoms with van der Waals surface area (Å²) in [6.45, 7) is 4.81. The molecular weight excluding hydrogens is 266 g/mol. The topological polar surface area (TPSA) is 40.5 Å². The Morgan fingerprint density at radius 2 is 2.33 bits per heavy atom. The van der Waals surface area contributed by atoms with Crippen LogP contribution in [0.3, 0.4) is 0 Å². The average Bonchev–Trinajstić information content (AvgIpc) is 2.82. The molecule has 0 spiro atoms. The fourth-order valence-electron chi connectivity index (χ4n) is 1.63. The van der Waals surface area contributed by atoms with Gasteiger partial charge in [-0.25, -0.2) is 0 Å². The van der Waals surface area contributed by atoms with Crippen LogP contribution in [0.25, 0.3) is 0 Å². The van der Waals surface area contributed by atoms with E-state index < -0.39 is 0 Å². The van der Waals surface area contributed by atoms with Crippen molar-refractivity contribution in [3.63, 3.8) is 0 Å². The van der Waals surface area contributed by atoms with Crippen LogP contribution in [0.5, 0.6) is 0 Å². The molecule has 0 aliphatic carbocycles. The summed E-state index contributed by atoms with van der Waals surface area (Å²) in [7, 11) is 0. The summed E-state index contributed by atoms with van der Waals surface area (Å²) in [6.07, 6.45) is 0.652. The van der Waals surface area contributed by atoms with E-state index in [0.717, 1.165) is 5.75 Å². The predicted octanol–water partition coefficient (Wildman–Crippen LogP) is 2.60. The third kappa shape index (κ3) is 5.42. The van der Waals surface area contributed by atoms with Crippen molar-refractivity contribution in [2.75, 3.05) is 18.9 Å². The Balaban J connectivity index is 2.32. The summed E-state index contributed by atoms with van der Waals surface area (Å²) in [5.74, 6) is 1.58. The van der Waals surface area contributed by atoms with Gasteiger partial charge in [0.05, 0.1) is 5.75 Å². The SMILES string of the molecule is CC(C)N(CCCO)C(=O)CSCc1cccs1. The zero-order valence-corrected chi connectivity index (χ0v) is 12.6. The van der Waals surface area contributed by atoms with Gasteiger partial charge in [-0.2, -0.15) is 0 Å². The summed E-state index contributed by atoms with van der Waals surface area (Å²) < 4.78 is 0. The smallest absolute Gasteiger partial charge is 0.232 e. The minimum Gasteiger partial charge on any atom is -0.396 e. The summed E-state index contributed by atoms with van der Waals surface area (Å²) in [4.78, 5) is 15.2. The van der Waals surface area contributed by atoms with Crippen LogP contribution < -0.4 is 0 Å². The van der Waals surface area contributed by atoms with Crippen molar-refractivity contribution < 1.29 is 9.90 Å². The second-order valence-corrected chi connectivity index (χ2v) is 6.35. The van der Waals surface area contributed by atoms with E-state index in [1.54, 1.807) is 23.1 Å². The number of carbonyl (C=O) groups excluding carboxylic acids is 1. The van der Waals surface area contributed by atoms with Gasteiger partial charge >= 0.3 is 0 Å². The molecule has 3 nitrogen and oxygen atoms in total. The fraction of sp³-hybridized carbons (Fsp3) is 0.615. The number of rotatable bonds is 8. The van der Waals surface area contributed by atoms with E-state index in [1.807, 2.05) is 24.8 Å². The molecule has 1 N–H and O–H groups in total. The summed E-state index contributed by atoms with van der Waals surface area (Å²) in [5.41, 5.74) is 0. The van der Waals surface area contributed by atoms with Gasteiger partial charge in [-0.15, -0.1) is 23.1 Å². The standard InChI is InChI=1S/C13H21NO2S2/c1-11(2)14(6-4-7-15)13(16)10-17-9-12-5-3-8-18-12/h3,5,8,11,15H,4,6-7,9-10H2,1-2H3. The van der Waals surface area contributed by atoms with Gasteiger partial charge in [0.25, 0.3) is 0 Å². The molecule has 0 unspecified atom stereocenters. The van der Waals surface area contributed by atoms with Gasteiger partial charge in [0.15, 0.2) is 0 Å². The summed E-state index contributed by atoms with van der Waals surface area (Å²) >= 11 is 3.38. The largest absolute Gasteiger partial charge is 0.396 e. The number of thioether (sulfide) groups is 1. The van der Waals surface area contributed by atoms with Crippen molar-refractivity contribution in [2.45, 2.75) is 32.1 Å². The lowest BCUT2D eigenvalue weighted by Gasteiger charge is -2.26. The fourth-order valence-corrected chi connectivity index (χ4v) is 3.38. The molecule has 18 heavy (non-hydrogen) atoms. The van der Waals surface area contributed by atoms with Crippen LogP contribution in [0, 0.1) is 0 Å². The van der Waals surface area contributed by atoms with Crippen molar-refractivity contribution in [3.05, 3.63) is 22.4 Å². The highest BCUT2D eigenvalue weighted by Crippen LogP contribution is 2.17. The number of aliphatic hydroxyl groups excluding tert-OH is 1. The second-order valence-electron chi connectivity index (χ2n) is 4.33. The lowest BCUT2D eigenvalue weighted by molar-refractivity contribution is -0.130. The van der Waals surface area contributed by atoms with Crippen LogP contribution in [0.15, 0.2) is 17.5 Å². The van der Waals surface area contributed by atoms with Crippen LogP contribution in [0.2, 0.25) is 0 Å². The lowest BCUT2D eigenvalue weighted by Crippen LogP contribution is -2.39. The van der Waals surface area contributed by atoms with Gasteiger partial charge < -0.3 is 10.0 Å². The molecule has 0 radical (unpaired) electrons. The minimum atomic E-state index is 0.138. The molecule has 0 saturated carbocycles. The molecule has 1 amide bonds. The number of nitrogens with zero attached hydrogens (tertiary/aromatic N) is 1. The first-order valence-corrected chi connectivity index (χ1v) is 8.19. The molecule has 5 heteroatoms. The molecule has 0 aromatic carbocycles. The molecule has 1 heterocycles. The van der Waals surface area contributed by atoms with Crippen molar-refractivity contribution in [1.29, 1.82) is 0 Å². The van der Waals surface area contributed by atoms with Gasteiger partial charge in [-0.05, 0) is 31.7 Å². The summed E-state index contributed by atoms with van der Waals surface area (Å²) in [6, 6.07) is 4.32. The molecule has 0 aliphatic rings. The van der Waals surface area contributed by atoms with Crippen molar-refractivity contribution >= 4 is 29.0 Å². The maximum Gasteiger partial charge on any atom is 0.232 e. The lowest BCUT2D eigenvalue weighted by atomic mass is 10.3. The molecule has 0 aliphatic heterocycles. The van der Waals surface area contributed by atoms with Crippen LogP contribution in [-0.4, -0.2) is 40.9 Å². The van der Waals surface area contributed by atoms with Gasteiger partial charge in [0.1, 0.15) is 0 Å². The second kappa shape index (κ2) is 8.56. The van der Waals surface area contributed by atoms with Crippen LogP contribution >= 0.6 is 23.1 Å². The Kier molecular flexibility index (Phi) is 7.39. The molecule has 1 rings (SSSR count). The molecular formula is C13H21NO2S2. The first kappa shape index (κ1) is 15.5. The normalized spacial score (nSPS) is 10.9. The zero-order chi connectivity index (χ0) is 13.4. The van der Waals surface area contributed by atoms with Gasteiger partial charge in [0, 0.05) is 29.8 Å². The number of amides is 1. The van der Waals surface area contributed by atoms with E-state index in [2.05, 4.69) is 11.4 Å². The minimum absolute atomic E-state index is 0.138. The van der Waals surface area contributed by atoms with E-state index in [9.17, 15) is 4.79 Å². The Labute approximate surface area is 117 Å². The maximum absolute atomic E-state index is 12.0. The number of carbonyl (C=O) groups is 1. The van der Waals surface area contributed by atoms with Gasteiger partial charge in [-0.3, -0.25) is 4.79 Å². The van der Waals surface area contributed by atoms with E-state index in [-0.39, 0.29) is 18.6 Å². The number of hydrogen-bond donors (Lipinski definition) is 1. The predicted molar refractivity (Wildman–Crippen MR) is 79.0 cm³/mol. The Bertz CT molecular complexity index is 339. The van der Waals surface area contributed by atoms with E-state index in [4.69, 9.17) is 5.11 Å². The number of aliphatic hydroxyl groups is 1. The highest BCUT2D eigenvalue weighted by molar-refractivity contribution is 7.99. The average molecular weight is 287 g/mol. The quantitative estimate of drug-likeness (QED) is 0.799. The molecule has 102 valence electrons. The molecule has 0 atom stereocenters. The van der Waals surface area contributed by atoms with E-state index >= 15 is 0 Å². The Morgan fingerprint density at radius 3 is 2.89 bits per heavy atom. The van der Waals surface area contributed by atoms with Crippen molar-refractivity contribution in [2.24, 2.45) is 0 Å². The third-order valence-electron chi connectivity index (χ3n) is 2.55. The van der Waals surface area contributed by atoms with Crippen LogP contribution in [-0.2, 0) is 10.5 Å².